The zero-order chi connectivity index (χ0) is 19.9. The number of carbonyl (C=O) groups excluding carboxylic acids is 2. The number of hydrogen-bond donors (Lipinski definition) is 2. The molecule has 0 aliphatic rings. The van der Waals surface area contributed by atoms with E-state index in [2.05, 4.69) is 20.7 Å². The van der Waals surface area contributed by atoms with Crippen LogP contribution in [0.4, 0.5) is 5.69 Å². The van der Waals surface area contributed by atoms with E-state index in [0.717, 1.165) is 24.4 Å². The van der Waals surface area contributed by atoms with Gasteiger partial charge in [-0.05, 0) is 56.7 Å². The molecular weight excluding hydrogens is 354 g/mol. The van der Waals surface area contributed by atoms with E-state index in [1.54, 1.807) is 42.6 Å². The highest BCUT2D eigenvalue weighted by molar-refractivity contribution is 6.04. The van der Waals surface area contributed by atoms with Crippen molar-refractivity contribution >= 4 is 17.5 Å². The number of anilines is 1. The number of benzene rings is 1. The first-order valence-electron chi connectivity index (χ1n) is 9.13. The molecule has 2 heterocycles. The number of aryl methyl sites for hydroxylation is 3. The first-order chi connectivity index (χ1) is 13.5. The van der Waals surface area contributed by atoms with Gasteiger partial charge in [-0.2, -0.15) is 5.10 Å². The van der Waals surface area contributed by atoms with Crippen molar-refractivity contribution in [3.63, 3.8) is 0 Å². The third-order valence-electron chi connectivity index (χ3n) is 4.24. The van der Waals surface area contributed by atoms with Crippen molar-refractivity contribution in [2.75, 3.05) is 11.9 Å². The van der Waals surface area contributed by atoms with Crippen LogP contribution in [0.2, 0.25) is 0 Å². The van der Waals surface area contributed by atoms with Crippen LogP contribution in [0.3, 0.4) is 0 Å². The third kappa shape index (κ3) is 5.03. The van der Waals surface area contributed by atoms with Gasteiger partial charge in [0.2, 0.25) is 0 Å². The molecule has 3 aromatic rings. The van der Waals surface area contributed by atoms with Gasteiger partial charge in [0, 0.05) is 42.4 Å². The Hall–Kier alpha value is -3.48. The van der Waals surface area contributed by atoms with E-state index >= 15 is 0 Å². The maximum Gasteiger partial charge on any atom is 0.257 e. The van der Waals surface area contributed by atoms with Crippen LogP contribution in [-0.2, 0) is 6.54 Å². The van der Waals surface area contributed by atoms with E-state index in [0.29, 0.717) is 23.4 Å². The topological polar surface area (TPSA) is 88.9 Å². The van der Waals surface area contributed by atoms with E-state index in [1.165, 1.54) is 6.20 Å². The fraction of sp³-hybridized carbons (Fsp3) is 0.238. The molecule has 7 nitrogen and oxygen atoms in total. The van der Waals surface area contributed by atoms with Gasteiger partial charge in [0.1, 0.15) is 0 Å². The SMILES string of the molecule is Cc1cc(C)n(CCCNC(=O)c2cccc(NC(=O)c3cccnc3)c2)n1. The first kappa shape index (κ1) is 19.3. The summed E-state index contributed by atoms with van der Waals surface area (Å²) >= 11 is 0. The average molecular weight is 377 g/mol. The number of rotatable bonds is 7. The predicted molar refractivity (Wildman–Crippen MR) is 107 cm³/mol. The molecule has 2 aromatic heterocycles. The molecule has 0 radical (unpaired) electrons. The smallest absolute Gasteiger partial charge is 0.257 e. The molecule has 28 heavy (non-hydrogen) atoms. The fourth-order valence-corrected chi connectivity index (χ4v) is 2.87. The van der Waals surface area contributed by atoms with Gasteiger partial charge in [-0.3, -0.25) is 19.3 Å². The van der Waals surface area contributed by atoms with Crippen LogP contribution in [-0.4, -0.2) is 33.1 Å². The molecule has 0 atom stereocenters. The van der Waals surface area contributed by atoms with E-state index in [9.17, 15) is 9.59 Å². The minimum atomic E-state index is -0.268. The lowest BCUT2D eigenvalue weighted by atomic mass is 10.1. The van der Waals surface area contributed by atoms with E-state index in [4.69, 9.17) is 0 Å². The number of nitrogens with zero attached hydrogens (tertiary/aromatic N) is 3. The average Bonchev–Trinajstić information content (AvgIpc) is 3.03. The van der Waals surface area contributed by atoms with Gasteiger partial charge in [-0.25, -0.2) is 0 Å². The van der Waals surface area contributed by atoms with Gasteiger partial charge < -0.3 is 10.6 Å². The number of pyridine rings is 1. The summed E-state index contributed by atoms with van der Waals surface area (Å²) in [7, 11) is 0. The second kappa shape index (κ2) is 8.94. The van der Waals surface area contributed by atoms with Crippen molar-refractivity contribution < 1.29 is 9.59 Å². The van der Waals surface area contributed by atoms with Crippen LogP contribution >= 0.6 is 0 Å². The molecule has 0 aliphatic heterocycles. The van der Waals surface area contributed by atoms with Crippen LogP contribution < -0.4 is 10.6 Å². The molecule has 0 fully saturated rings. The highest BCUT2D eigenvalue weighted by Crippen LogP contribution is 2.12. The van der Waals surface area contributed by atoms with Gasteiger partial charge in [0.05, 0.1) is 11.3 Å². The molecule has 0 bridgehead atoms. The van der Waals surface area contributed by atoms with Gasteiger partial charge >= 0.3 is 0 Å². The Kier molecular flexibility index (Phi) is 6.16. The lowest BCUT2D eigenvalue weighted by Crippen LogP contribution is -2.25. The predicted octanol–water partition coefficient (Wildman–Crippen LogP) is 2.97. The highest BCUT2D eigenvalue weighted by atomic mass is 16.2. The van der Waals surface area contributed by atoms with Gasteiger partial charge in [-0.15, -0.1) is 0 Å². The molecule has 0 aliphatic carbocycles. The number of amides is 2. The van der Waals surface area contributed by atoms with Crippen molar-refractivity contribution in [3.8, 4) is 0 Å². The third-order valence-corrected chi connectivity index (χ3v) is 4.24. The summed E-state index contributed by atoms with van der Waals surface area (Å²) in [5, 5.41) is 10.1. The zero-order valence-electron chi connectivity index (χ0n) is 16.0. The maximum absolute atomic E-state index is 12.4. The minimum Gasteiger partial charge on any atom is -0.352 e. The Morgan fingerprint density at radius 2 is 1.86 bits per heavy atom. The number of carbonyl (C=O) groups is 2. The number of nitrogens with one attached hydrogen (secondary N) is 2. The summed E-state index contributed by atoms with van der Waals surface area (Å²) in [5.74, 6) is -0.443. The molecule has 0 unspecified atom stereocenters. The van der Waals surface area contributed by atoms with Crippen molar-refractivity contribution in [2.24, 2.45) is 0 Å². The molecule has 3 rings (SSSR count). The molecule has 0 saturated heterocycles. The van der Waals surface area contributed by atoms with Crippen LogP contribution in [0.5, 0.6) is 0 Å². The molecule has 1 aromatic carbocycles. The minimum absolute atomic E-state index is 0.175. The fourth-order valence-electron chi connectivity index (χ4n) is 2.87. The van der Waals surface area contributed by atoms with Gasteiger partial charge in [0.25, 0.3) is 11.8 Å². The second-order valence-corrected chi connectivity index (χ2v) is 6.54. The Balaban J connectivity index is 1.52. The largest absolute Gasteiger partial charge is 0.352 e. The van der Waals surface area contributed by atoms with Gasteiger partial charge in [-0.1, -0.05) is 6.07 Å². The second-order valence-electron chi connectivity index (χ2n) is 6.54. The summed E-state index contributed by atoms with van der Waals surface area (Å²) in [6, 6.07) is 12.3. The van der Waals surface area contributed by atoms with Crippen molar-refractivity contribution in [3.05, 3.63) is 77.4 Å². The monoisotopic (exact) mass is 377 g/mol. The summed E-state index contributed by atoms with van der Waals surface area (Å²) in [6.07, 6.45) is 3.89. The molecule has 144 valence electrons. The molecular formula is C21H23N5O2. The number of aromatic nitrogens is 3. The molecule has 0 spiro atoms. The number of hydrogen-bond acceptors (Lipinski definition) is 4. The van der Waals surface area contributed by atoms with Crippen molar-refractivity contribution in [1.82, 2.24) is 20.1 Å². The van der Waals surface area contributed by atoms with Crippen LogP contribution in [0.1, 0.15) is 38.5 Å². The van der Waals surface area contributed by atoms with Crippen molar-refractivity contribution in [2.45, 2.75) is 26.8 Å². The van der Waals surface area contributed by atoms with Crippen LogP contribution in [0.25, 0.3) is 0 Å². The summed E-state index contributed by atoms with van der Waals surface area (Å²) in [5.41, 5.74) is 3.62. The summed E-state index contributed by atoms with van der Waals surface area (Å²) in [6.45, 7) is 5.28. The molecule has 0 saturated carbocycles. The van der Waals surface area contributed by atoms with E-state index < -0.39 is 0 Å². The summed E-state index contributed by atoms with van der Waals surface area (Å²) < 4.78 is 1.94. The highest BCUT2D eigenvalue weighted by Gasteiger charge is 2.09. The Bertz CT molecular complexity index is 966. The maximum atomic E-state index is 12.4. The zero-order valence-corrected chi connectivity index (χ0v) is 16.0. The van der Waals surface area contributed by atoms with E-state index in [1.807, 2.05) is 24.6 Å². The summed E-state index contributed by atoms with van der Waals surface area (Å²) in [4.78, 5) is 28.5. The Labute approximate surface area is 163 Å². The lowest BCUT2D eigenvalue weighted by molar-refractivity contribution is 0.0951. The Morgan fingerprint density at radius 1 is 1.04 bits per heavy atom. The quantitative estimate of drug-likeness (QED) is 0.620. The normalized spacial score (nSPS) is 10.5. The standard InChI is InChI=1S/C21H23N5O2/c1-15-12-16(2)26(25-15)11-5-10-23-20(27)17-6-3-8-19(13-17)24-21(28)18-7-4-9-22-14-18/h3-4,6-9,12-14H,5,10-11H2,1-2H3,(H,23,27)(H,24,28). The van der Waals surface area contributed by atoms with Gasteiger partial charge in [0.15, 0.2) is 0 Å². The Morgan fingerprint density at radius 3 is 2.57 bits per heavy atom. The first-order valence-corrected chi connectivity index (χ1v) is 9.13. The van der Waals surface area contributed by atoms with E-state index in [-0.39, 0.29) is 11.8 Å². The van der Waals surface area contributed by atoms with Crippen LogP contribution in [0.15, 0.2) is 54.9 Å². The lowest BCUT2D eigenvalue weighted by Gasteiger charge is -2.09. The molecule has 7 heteroatoms. The molecule has 2 amide bonds. The molecule has 2 N–H and O–H groups in total. The van der Waals surface area contributed by atoms with Crippen LogP contribution in [0, 0.1) is 13.8 Å². The van der Waals surface area contributed by atoms with Crippen molar-refractivity contribution in [1.29, 1.82) is 0 Å².